The first-order valence-corrected chi connectivity index (χ1v) is 11.7. The van der Waals surface area contributed by atoms with Crippen molar-refractivity contribution in [3.63, 3.8) is 0 Å². The Bertz CT molecular complexity index is 779. The maximum atomic E-state index is 6.41. The van der Waals surface area contributed by atoms with Gasteiger partial charge < -0.3 is 10.2 Å². The summed E-state index contributed by atoms with van der Waals surface area (Å²) in [6.45, 7) is 12.2. The number of hydrogen-bond acceptors (Lipinski definition) is 6. The Kier molecular flexibility index (Phi) is 4.67. The Morgan fingerprint density at radius 2 is 2.04 bits per heavy atom. The highest BCUT2D eigenvalue weighted by molar-refractivity contribution is 6.74. The summed E-state index contributed by atoms with van der Waals surface area (Å²) in [5.74, 6) is 0.843. The van der Waals surface area contributed by atoms with Gasteiger partial charge in [-0.25, -0.2) is 9.97 Å². The molecule has 0 spiro atoms. The Morgan fingerprint density at radius 1 is 1.28 bits per heavy atom. The molecule has 0 unspecified atom stereocenters. The van der Waals surface area contributed by atoms with Crippen LogP contribution in [0.5, 0.6) is 0 Å². The highest BCUT2D eigenvalue weighted by Crippen LogP contribution is 2.37. The van der Waals surface area contributed by atoms with E-state index >= 15 is 0 Å². The van der Waals surface area contributed by atoms with Crippen molar-refractivity contribution in [2.75, 3.05) is 12.3 Å². The SMILES string of the molecule is CC(C)(C)[Si](C)(C)OC[C@H]1CC=C[C@H](n2nc3ncnc(N)c3n2)C1. The predicted octanol–water partition coefficient (Wildman–Crippen LogP) is 3.33. The molecule has 1 aliphatic rings. The second kappa shape index (κ2) is 6.49. The normalized spacial score (nSPS) is 21.8. The average Bonchev–Trinajstić information content (AvgIpc) is 2.98. The summed E-state index contributed by atoms with van der Waals surface area (Å²) in [5.41, 5.74) is 6.97. The van der Waals surface area contributed by atoms with E-state index < -0.39 is 8.32 Å². The third-order valence-corrected chi connectivity index (χ3v) is 9.92. The third kappa shape index (κ3) is 3.74. The molecule has 2 heterocycles. The largest absolute Gasteiger partial charge is 0.417 e. The summed E-state index contributed by atoms with van der Waals surface area (Å²) >= 11 is 0. The van der Waals surface area contributed by atoms with Crippen LogP contribution in [0.3, 0.4) is 0 Å². The first-order valence-electron chi connectivity index (χ1n) is 8.81. The van der Waals surface area contributed by atoms with Gasteiger partial charge in [-0.05, 0) is 36.9 Å². The fraction of sp³-hybridized carbons (Fsp3) is 0.647. The lowest BCUT2D eigenvalue weighted by molar-refractivity contribution is 0.201. The fourth-order valence-corrected chi connectivity index (χ4v) is 3.80. The molecule has 2 aromatic heterocycles. The van der Waals surface area contributed by atoms with Crippen LogP contribution >= 0.6 is 0 Å². The summed E-state index contributed by atoms with van der Waals surface area (Å²) < 4.78 is 6.41. The van der Waals surface area contributed by atoms with Gasteiger partial charge in [0, 0.05) is 6.61 Å². The number of nitrogen functional groups attached to an aromatic ring is 1. The number of fused-ring (bicyclic) bond motifs is 1. The topological polar surface area (TPSA) is 91.7 Å². The minimum atomic E-state index is -1.72. The van der Waals surface area contributed by atoms with Crippen molar-refractivity contribution in [2.24, 2.45) is 5.92 Å². The van der Waals surface area contributed by atoms with E-state index in [9.17, 15) is 0 Å². The van der Waals surface area contributed by atoms with Crippen LogP contribution in [0.4, 0.5) is 5.82 Å². The molecule has 0 radical (unpaired) electrons. The summed E-state index contributed by atoms with van der Waals surface area (Å²) in [7, 11) is -1.72. The number of allylic oxidation sites excluding steroid dienone is 2. The monoisotopic (exact) mass is 360 g/mol. The van der Waals surface area contributed by atoms with Crippen LogP contribution in [0.25, 0.3) is 11.2 Å². The lowest BCUT2D eigenvalue weighted by atomic mass is 9.92. The number of anilines is 1. The first kappa shape index (κ1) is 18.0. The maximum absolute atomic E-state index is 6.41. The first-order chi connectivity index (χ1) is 11.7. The number of nitrogens with zero attached hydrogens (tertiary/aromatic N) is 5. The smallest absolute Gasteiger partial charge is 0.207 e. The third-order valence-electron chi connectivity index (χ3n) is 5.42. The lowest BCUT2D eigenvalue weighted by Crippen LogP contribution is -2.42. The Labute approximate surface area is 149 Å². The van der Waals surface area contributed by atoms with Crippen molar-refractivity contribution in [3.05, 3.63) is 18.5 Å². The number of hydrogen-bond donors (Lipinski definition) is 1. The quantitative estimate of drug-likeness (QED) is 0.664. The van der Waals surface area contributed by atoms with Crippen LogP contribution in [0.1, 0.15) is 39.7 Å². The molecule has 3 rings (SSSR count). The molecule has 2 aromatic rings. The van der Waals surface area contributed by atoms with Gasteiger partial charge in [-0.3, -0.25) is 0 Å². The zero-order valence-corrected chi connectivity index (χ0v) is 16.7. The highest BCUT2D eigenvalue weighted by atomic mass is 28.4. The van der Waals surface area contributed by atoms with Crippen molar-refractivity contribution in [1.29, 1.82) is 0 Å². The number of nitrogens with two attached hydrogens (primary N) is 1. The summed E-state index contributed by atoms with van der Waals surface area (Å²) in [6, 6.07) is 0.107. The maximum Gasteiger partial charge on any atom is 0.207 e. The van der Waals surface area contributed by atoms with Crippen molar-refractivity contribution in [2.45, 2.75) is 57.8 Å². The standard InChI is InChI=1S/C17H28N6OSi/c1-17(2,3)25(4,5)24-10-12-7-6-8-13(9-12)23-21-14-15(18)19-11-20-16(14)22-23/h6,8,11-13H,7,9-10H2,1-5H3,(H2,18,19,20,22)/t12-,13-/m0/s1. The van der Waals surface area contributed by atoms with Gasteiger partial charge in [-0.15, -0.1) is 10.2 Å². The molecule has 1 aliphatic carbocycles. The summed E-state index contributed by atoms with van der Waals surface area (Å²) in [4.78, 5) is 9.83. The van der Waals surface area contributed by atoms with Crippen molar-refractivity contribution in [1.82, 2.24) is 25.0 Å². The van der Waals surface area contributed by atoms with Crippen LogP contribution in [-0.2, 0) is 4.43 Å². The molecule has 2 atom stereocenters. The molecule has 136 valence electrons. The van der Waals surface area contributed by atoms with Gasteiger partial charge in [0.25, 0.3) is 0 Å². The number of aromatic nitrogens is 5. The van der Waals surface area contributed by atoms with Gasteiger partial charge in [-0.2, -0.15) is 4.80 Å². The van der Waals surface area contributed by atoms with Crippen LogP contribution in [0, 0.1) is 5.92 Å². The van der Waals surface area contributed by atoms with E-state index in [0.29, 0.717) is 22.9 Å². The minimum absolute atomic E-state index is 0.107. The molecule has 0 aromatic carbocycles. The van der Waals surface area contributed by atoms with E-state index in [1.165, 1.54) is 6.33 Å². The molecular formula is C17H28N6OSi. The van der Waals surface area contributed by atoms with E-state index in [2.05, 4.69) is 66.2 Å². The summed E-state index contributed by atoms with van der Waals surface area (Å²) in [5, 5.41) is 9.19. The van der Waals surface area contributed by atoms with Crippen LogP contribution < -0.4 is 5.73 Å². The molecule has 0 saturated carbocycles. The zero-order valence-electron chi connectivity index (χ0n) is 15.7. The predicted molar refractivity (Wildman–Crippen MR) is 102 cm³/mol. The van der Waals surface area contributed by atoms with E-state index in [1.807, 2.05) is 0 Å². The summed E-state index contributed by atoms with van der Waals surface area (Å²) in [6.07, 6.45) is 7.78. The minimum Gasteiger partial charge on any atom is -0.417 e. The molecule has 8 heteroatoms. The van der Waals surface area contributed by atoms with Gasteiger partial charge in [0.15, 0.2) is 19.7 Å². The van der Waals surface area contributed by atoms with Crippen LogP contribution in [-0.4, -0.2) is 39.9 Å². The van der Waals surface area contributed by atoms with Crippen LogP contribution in [0.15, 0.2) is 18.5 Å². The fourth-order valence-electron chi connectivity index (χ4n) is 2.72. The second-order valence-corrected chi connectivity index (χ2v) is 13.2. The van der Waals surface area contributed by atoms with Gasteiger partial charge in [0.2, 0.25) is 5.65 Å². The van der Waals surface area contributed by atoms with Gasteiger partial charge >= 0.3 is 0 Å². The Morgan fingerprint density at radius 3 is 2.72 bits per heavy atom. The van der Waals surface area contributed by atoms with Gasteiger partial charge in [-0.1, -0.05) is 32.9 Å². The molecule has 0 bridgehead atoms. The molecule has 0 aliphatic heterocycles. The van der Waals surface area contributed by atoms with E-state index in [-0.39, 0.29) is 11.1 Å². The van der Waals surface area contributed by atoms with E-state index in [4.69, 9.17) is 10.2 Å². The average molecular weight is 361 g/mol. The van der Waals surface area contributed by atoms with Gasteiger partial charge in [0.05, 0.1) is 6.04 Å². The molecule has 0 saturated heterocycles. The Balaban J connectivity index is 1.70. The molecular weight excluding hydrogens is 332 g/mol. The van der Waals surface area contributed by atoms with Crippen molar-refractivity contribution in [3.8, 4) is 0 Å². The second-order valence-electron chi connectivity index (χ2n) is 8.36. The van der Waals surface area contributed by atoms with E-state index in [0.717, 1.165) is 19.4 Å². The van der Waals surface area contributed by atoms with Crippen LogP contribution in [0.2, 0.25) is 18.1 Å². The zero-order chi connectivity index (χ0) is 18.2. The van der Waals surface area contributed by atoms with Gasteiger partial charge in [0.1, 0.15) is 6.33 Å². The van der Waals surface area contributed by atoms with Crippen molar-refractivity contribution >= 4 is 25.3 Å². The lowest BCUT2D eigenvalue weighted by Gasteiger charge is -2.37. The van der Waals surface area contributed by atoms with Crippen molar-refractivity contribution < 1.29 is 4.43 Å². The molecule has 25 heavy (non-hydrogen) atoms. The molecule has 0 amide bonds. The number of rotatable bonds is 4. The Hall–Kier alpha value is -1.80. The van der Waals surface area contributed by atoms with E-state index in [1.54, 1.807) is 4.80 Å². The molecule has 0 fully saturated rings. The highest BCUT2D eigenvalue weighted by Gasteiger charge is 2.37. The molecule has 2 N–H and O–H groups in total. The molecule has 7 nitrogen and oxygen atoms in total.